The van der Waals surface area contributed by atoms with E-state index >= 15 is 0 Å². The molecule has 1 heterocycles. The Hall–Kier alpha value is -1.64. The van der Waals surface area contributed by atoms with Crippen molar-refractivity contribution in [3.05, 3.63) is 71.8 Å². The smallest absolute Gasteiger partial charge is 0.0701 e. The van der Waals surface area contributed by atoms with Crippen molar-refractivity contribution in [3.8, 4) is 0 Å². The second-order valence-corrected chi connectivity index (χ2v) is 4.37. The third kappa shape index (κ3) is 5.69. The van der Waals surface area contributed by atoms with Crippen molar-refractivity contribution in [1.29, 1.82) is 0 Å². The number of ether oxygens (including phenoxy) is 2. The second-order valence-electron chi connectivity index (χ2n) is 4.37. The molecule has 1 aliphatic heterocycles. The summed E-state index contributed by atoms with van der Waals surface area (Å²) < 4.78 is 9.89. The van der Waals surface area contributed by atoms with E-state index in [-0.39, 0.29) is 0 Å². The van der Waals surface area contributed by atoms with Gasteiger partial charge in [-0.3, -0.25) is 0 Å². The molecule has 0 N–H and O–H groups in total. The van der Waals surface area contributed by atoms with Crippen LogP contribution < -0.4 is 0 Å². The van der Waals surface area contributed by atoms with Crippen molar-refractivity contribution in [2.75, 3.05) is 26.4 Å². The molecular formula is C17H20O2. The number of benzene rings is 2. The lowest BCUT2D eigenvalue weighted by Crippen LogP contribution is -2.16. The summed E-state index contributed by atoms with van der Waals surface area (Å²) in [6, 6.07) is 21.1. The molecule has 1 fully saturated rings. The van der Waals surface area contributed by atoms with Gasteiger partial charge in [0.2, 0.25) is 0 Å². The van der Waals surface area contributed by atoms with E-state index in [0.29, 0.717) is 0 Å². The van der Waals surface area contributed by atoms with E-state index in [0.717, 1.165) is 32.8 Å². The molecule has 3 rings (SSSR count). The Bertz CT molecular complexity index is 386. The van der Waals surface area contributed by atoms with Gasteiger partial charge in [0.25, 0.3) is 0 Å². The fourth-order valence-electron chi connectivity index (χ4n) is 1.87. The molecule has 0 unspecified atom stereocenters. The summed E-state index contributed by atoms with van der Waals surface area (Å²) in [5, 5.41) is 0. The van der Waals surface area contributed by atoms with Crippen molar-refractivity contribution in [3.63, 3.8) is 0 Å². The van der Waals surface area contributed by atoms with Crippen LogP contribution in [0.3, 0.4) is 0 Å². The summed E-state index contributed by atoms with van der Waals surface area (Å²) in [4.78, 5) is 0. The minimum absolute atomic E-state index is 0.778. The van der Waals surface area contributed by atoms with Crippen molar-refractivity contribution in [1.82, 2.24) is 0 Å². The molecular weight excluding hydrogens is 236 g/mol. The summed E-state index contributed by atoms with van der Waals surface area (Å²) in [6.45, 7) is 3.11. The van der Waals surface area contributed by atoms with Crippen molar-refractivity contribution >= 4 is 0 Å². The largest absolute Gasteiger partial charge is 0.377 e. The molecule has 0 saturated carbocycles. The van der Waals surface area contributed by atoms with Crippen LogP contribution in [0.15, 0.2) is 60.7 Å². The number of hydrogen-bond donors (Lipinski definition) is 0. The molecule has 1 aliphatic rings. The second kappa shape index (κ2) is 8.46. The molecule has 2 heteroatoms. The van der Waals surface area contributed by atoms with Crippen molar-refractivity contribution < 1.29 is 9.47 Å². The molecule has 0 atom stereocenters. The maximum Gasteiger partial charge on any atom is 0.0701 e. The third-order valence-corrected chi connectivity index (χ3v) is 2.84. The maximum atomic E-state index is 4.94. The first-order valence-electron chi connectivity index (χ1n) is 6.68. The fraction of sp³-hybridized carbons (Fsp3) is 0.294. The van der Waals surface area contributed by atoms with E-state index in [1.54, 1.807) is 0 Å². The number of rotatable bonds is 2. The SMILES string of the molecule is C1COCCO1.c1ccc(Cc2ccccc2)cc1. The normalized spacial score (nSPS) is 14.3. The zero-order chi connectivity index (χ0) is 13.2. The van der Waals surface area contributed by atoms with Gasteiger partial charge in [-0.1, -0.05) is 60.7 Å². The highest BCUT2D eigenvalue weighted by atomic mass is 16.6. The first kappa shape index (κ1) is 13.8. The van der Waals surface area contributed by atoms with Gasteiger partial charge in [0, 0.05) is 0 Å². The standard InChI is InChI=1S/C13H12.C4H8O2/c1-3-7-12(8-4-1)11-13-9-5-2-6-10-13;1-2-6-4-3-5-1/h1-10H,11H2;1-4H2. The Kier molecular flexibility index (Phi) is 6.14. The van der Waals surface area contributed by atoms with Crippen LogP contribution in [0.25, 0.3) is 0 Å². The minimum atomic E-state index is 0.778. The zero-order valence-corrected chi connectivity index (χ0v) is 11.1. The Morgan fingerprint density at radius 3 is 1.26 bits per heavy atom. The molecule has 100 valence electrons. The lowest BCUT2D eigenvalue weighted by Gasteiger charge is -2.09. The summed E-state index contributed by atoms with van der Waals surface area (Å²) in [7, 11) is 0. The van der Waals surface area contributed by atoms with E-state index in [9.17, 15) is 0 Å². The highest BCUT2D eigenvalue weighted by Gasteiger charge is 1.94. The molecule has 0 spiro atoms. The van der Waals surface area contributed by atoms with Gasteiger partial charge in [0.1, 0.15) is 0 Å². The molecule has 0 aromatic heterocycles. The monoisotopic (exact) mass is 256 g/mol. The first-order chi connectivity index (χ1) is 9.45. The molecule has 0 radical (unpaired) electrons. The maximum absolute atomic E-state index is 4.94. The lowest BCUT2D eigenvalue weighted by atomic mass is 10.1. The van der Waals surface area contributed by atoms with Crippen LogP contribution in [0.1, 0.15) is 11.1 Å². The molecule has 0 bridgehead atoms. The van der Waals surface area contributed by atoms with Crippen molar-refractivity contribution in [2.45, 2.75) is 6.42 Å². The molecule has 0 amide bonds. The third-order valence-electron chi connectivity index (χ3n) is 2.84. The summed E-state index contributed by atoms with van der Waals surface area (Å²) in [5.41, 5.74) is 2.74. The van der Waals surface area contributed by atoms with Gasteiger partial charge in [0.15, 0.2) is 0 Å². The number of hydrogen-bond acceptors (Lipinski definition) is 2. The summed E-state index contributed by atoms with van der Waals surface area (Å²) in [6.07, 6.45) is 1.03. The molecule has 0 aliphatic carbocycles. The lowest BCUT2D eigenvalue weighted by molar-refractivity contribution is -0.0334. The van der Waals surface area contributed by atoms with Crippen LogP contribution in [0, 0.1) is 0 Å². The molecule has 2 aromatic rings. The van der Waals surface area contributed by atoms with E-state index in [4.69, 9.17) is 9.47 Å². The van der Waals surface area contributed by atoms with Gasteiger partial charge >= 0.3 is 0 Å². The predicted molar refractivity (Wildman–Crippen MR) is 77.3 cm³/mol. The molecule has 1 saturated heterocycles. The van der Waals surface area contributed by atoms with Gasteiger partial charge in [0.05, 0.1) is 26.4 Å². The zero-order valence-electron chi connectivity index (χ0n) is 11.1. The summed E-state index contributed by atoms with van der Waals surface area (Å²) >= 11 is 0. The highest BCUT2D eigenvalue weighted by Crippen LogP contribution is 2.07. The van der Waals surface area contributed by atoms with Gasteiger partial charge in [-0.15, -0.1) is 0 Å². The Labute approximate surface area is 115 Å². The van der Waals surface area contributed by atoms with E-state index in [1.165, 1.54) is 11.1 Å². The average molecular weight is 256 g/mol. The molecule has 2 nitrogen and oxygen atoms in total. The van der Waals surface area contributed by atoms with Gasteiger partial charge < -0.3 is 9.47 Å². The summed E-state index contributed by atoms with van der Waals surface area (Å²) in [5.74, 6) is 0. The molecule has 2 aromatic carbocycles. The minimum Gasteiger partial charge on any atom is -0.377 e. The van der Waals surface area contributed by atoms with Gasteiger partial charge in [-0.25, -0.2) is 0 Å². The van der Waals surface area contributed by atoms with Gasteiger partial charge in [-0.05, 0) is 17.5 Å². The topological polar surface area (TPSA) is 18.5 Å². The predicted octanol–water partition coefficient (Wildman–Crippen LogP) is 3.31. The van der Waals surface area contributed by atoms with Crippen LogP contribution in [-0.4, -0.2) is 26.4 Å². The quantitative estimate of drug-likeness (QED) is 0.820. The Morgan fingerprint density at radius 1 is 0.579 bits per heavy atom. The van der Waals surface area contributed by atoms with E-state index in [1.807, 2.05) is 0 Å². The van der Waals surface area contributed by atoms with Crippen LogP contribution in [0.5, 0.6) is 0 Å². The highest BCUT2D eigenvalue weighted by molar-refractivity contribution is 5.25. The van der Waals surface area contributed by atoms with Crippen LogP contribution in [-0.2, 0) is 15.9 Å². The van der Waals surface area contributed by atoms with Crippen LogP contribution in [0.2, 0.25) is 0 Å². The van der Waals surface area contributed by atoms with E-state index in [2.05, 4.69) is 60.7 Å². The molecule has 19 heavy (non-hydrogen) atoms. The van der Waals surface area contributed by atoms with Gasteiger partial charge in [-0.2, -0.15) is 0 Å². The van der Waals surface area contributed by atoms with Crippen molar-refractivity contribution in [2.24, 2.45) is 0 Å². The average Bonchev–Trinajstić information content (AvgIpc) is 2.52. The van der Waals surface area contributed by atoms with Crippen LogP contribution >= 0.6 is 0 Å². The Morgan fingerprint density at radius 2 is 0.947 bits per heavy atom. The van der Waals surface area contributed by atoms with Crippen LogP contribution in [0.4, 0.5) is 0 Å². The Balaban J connectivity index is 0.000000186. The van der Waals surface area contributed by atoms with E-state index < -0.39 is 0 Å². The fourth-order valence-corrected chi connectivity index (χ4v) is 1.87. The first-order valence-corrected chi connectivity index (χ1v) is 6.68.